The Morgan fingerprint density at radius 2 is 2.12 bits per heavy atom. The van der Waals surface area contributed by atoms with Crippen LogP contribution in [0.15, 0.2) is 30.3 Å². The molecular formula is C19H28N2O3. The highest BCUT2D eigenvalue weighted by Crippen LogP contribution is 2.26. The van der Waals surface area contributed by atoms with Gasteiger partial charge in [-0.3, -0.25) is 9.69 Å². The largest absolute Gasteiger partial charge is 0.393 e. The standard InChI is InChI=1S/C19H28N2O3/c1-20(13-16-8-5-9-17(16)22)19(23)18-14-21(10-11-24-18)12-15-6-3-2-4-7-15/h2-4,6-7,16-18,22H,5,8-14H2,1H3. The van der Waals surface area contributed by atoms with E-state index >= 15 is 0 Å². The van der Waals surface area contributed by atoms with Crippen molar-refractivity contribution in [2.75, 3.05) is 33.3 Å². The van der Waals surface area contributed by atoms with E-state index in [2.05, 4.69) is 17.0 Å². The number of carbonyl (C=O) groups is 1. The molecule has 1 aliphatic heterocycles. The second kappa shape index (κ2) is 8.10. The Hall–Kier alpha value is -1.43. The van der Waals surface area contributed by atoms with Crippen molar-refractivity contribution < 1.29 is 14.6 Å². The first-order valence-corrected chi connectivity index (χ1v) is 8.94. The van der Waals surface area contributed by atoms with Crippen LogP contribution in [0.4, 0.5) is 0 Å². The molecule has 2 aliphatic rings. The molecule has 1 amide bonds. The summed E-state index contributed by atoms with van der Waals surface area (Å²) in [7, 11) is 1.83. The third-order valence-electron chi connectivity index (χ3n) is 5.18. The zero-order chi connectivity index (χ0) is 16.9. The lowest BCUT2D eigenvalue weighted by Gasteiger charge is -2.34. The lowest BCUT2D eigenvalue weighted by molar-refractivity contribution is -0.149. The molecule has 0 radical (unpaired) electrons. The molecule has 2 fully saturated rings. The third kappa shape index (κ3) is 4.35. The lowest BCUT2D eigenvalue weighted by Crippen LogP contribution is -2.50. The molecule has 1 aromatic carbocycles. The smallest absolute Gasteiger partial charge is 0.252 e. The van der Waals surface area contributed by atoms with Crippen LogP contribution in [0.1, 0.15) is 24.8 Å². The average Bonchev–Trinajstić information content (AvgIpc) is 3.00. The fourth-order valence-corrected chi connectivity index (χ4v) is 3.75. The predicted molar refractivity (Wildman–Crippen MR) is 92.4 cm³/mol. The highest BCUT2D eigenvalue weighted by molar-refractivity contribution is 5.81. The van der Waals surface area contributed by atoms with E-state index in [1.807, 2.05) is 25.2 Å². The Kier molecular flexibility index (Phi) is 5.87. The summed E-state index contributed by atoms with van der Waals surface area (Å²) in [5.74, 6) is 0.245. The second-order valence-corrected chi connectivity index (χ2v) is 7.06. The molecule has 1 saturated heterocycles. The maximum atomic E-state index is 12.7. The zero-order valence-electron chi connectivity index (χ0n) is 14.4. The Morgan fingerprint density at radius 3 is 2.83 bits per heavy atom. The Balaban J connectivity index is 1.52. The minimum atomic E-state index is -0.397. The molecule has 3 unspecified atom stereocenters. The van der Waals surface area contributed by atoms with E-state index in [0.717, 1.165) is 32.4 Å². The summed E-state index contributed by atoms with van der Waals surface area (Å²) in [6, 6.07) is 10.3. The van der Waals surface area contributed by atoms with E-state index in [1.54, 1.807) is 4.90 Å². The molecule has 1 N–H and O–H groups in total. The highest BCUT2D eigenvalue weighted by Gasteiger charge is 2.32. The molecule has 5 heteroatoms. The Bertz CT molecular complexity index is 537. The molecule has 3 atom stereocenters. The van der Waals surface area contributed by atoms with E-state index in [9.17, 15) is 9.90 Å². The molecule has 0 bridgehead atoms. The van der Waals surface area contributed by atoms with Crippen LogP contribution in [-0.2, 0) is 16.1 Å². The van der Waals surface area contributed by atoms with Gasteiger partial charge in [-0.25, -0.2) is 0 Å². The first kappa shape index (κ1) is 17.4. The van der Waals surface area contributed by atoms with Gasteiger partial charge in [0.15, 0.2) is 0 Å². The number of aliphatic hydroxyl groups excluding tert-OH is 1. The number of amides is 1. The van der Waals surface area contributed by atoms with E-state index in [0.29, 0.717) is 19.7 Å². The minimum absolute atomic E-state index is 0.0341. The van der Waals surface area contributed by atoms with Crippen molar-refractivity contribution in [2.24, 2.45) is 5.92 Å². The van der Waals surface area contributed by atoms with Crippen LogP contribution < -0.4 is 0 Å². The molecular weight excluding hydrogens is 304 g/mol. The first-order valence-electron chi connectivity index (χ1n) is 8.94. The molecule has 3 rings (SSSR count). The molecule has 0 aromatic heterocycles. The molecule has 132 valence electrons. The number of rotatable bonds is 5. The van der Waals surface area contributed by atoms with Crippen LogP contribution in [0.3, 0.4) is 0 Å². The number of aliphatic hydroxyl groups is 1. The Labute approximate surface area is 144 Å². The van der Waals surface area contributed by atoms with E-state index < -0.39 is 6.10 Å². The fourth-order valence-electron chi connectivity index (χ4n) is 3.75. The van der Waals surface area contributed by atoms with Crippen LogP contribution in [0, 0.1) is 5.92 Å². The molecule has 1 aliphatic carbocycles. The third-order valence-corrected chi connectivity index (χ3v) is 5.18. The minimum Gasteiger partial charge on any atom is -0.393 e. The first-order chi connectivity index (χ1) is 11.6. The summed E-state index contributed by atoms with van der Waals surface area (Å²) in [4.78, 5) is 16.7. The zero-order valence-corrected chi connectivity index (χ0v) is 14.4. The SMILES string of the molecule is CN(CC1CCCC1O)C(=O)C1CN(Cc2ccccc2)CCO1. The fraction of sp³-hybridized carbons (Fsp3) is 0.632. The number of benzene rings is 1. The second-order valence-electron chi connectivity index (χ2n) is 7.06. The summed E-state index contributed by atoms with van der Waals surface area (Å²) in [6.07, 6.45) is 2.26. The van der Waals surface area contributed by atoms with E-state index in [1.165, 1.54) is 5.56 Å². The normalized spacial score (nSPS) is 28.0. The summed E-state index contributed by atoms with van der Waals surface area (Å²) in [5.41, 5.74) is 1.26. The maximum absolute atomic E-state index is 12.7. The van der Waals surface area contributed by atoms with E-state index in [4.69, 9.17) is 4.74 Å². The van der Waals surface area contributed by atoms with Gasteiger partial charge in [-0.2, -0.15) is 0 Å². The lowest BCUT2D eigenvalue weighted by atomic mass is 10.1. The van der Waals surface area contributed by atoms with Gasteiger partial charge in [0.25, 0.3) is 5.91 Å². The van der Waals surface area contributed by atoms with Gasteiger partial charge < -0.3 is 14.7 Å². The topological polar surface area (TPSA) is 53.0 Å². The predicted octanol–water partition coefficient (Wildman–Crippen LogP) is 1.51. The van der Waals surface area contributed by atoms with Crippen molar-refractivity contribution >= 4 is 5.91 Å². The molecule has 24 heavy (non-hydrogen) atoms. The van der Waals surface area contributed by atoms with Crippen LogP contribution in [-0.4, -0.2) is 66.3 Å². The molecule has 1 aromatic rings. The van der Waals surface area contributed by atoms with Crippen molar-refractivity contribution in [2.45, 2.75) is 38.0 Å². The molecule has 1 saturated carbocycles. The summed E-state index contributed by atoms with van der Waals surface area (Å²) in [6.45, 7) is 3.54. The van der Waals surface area contributed by atoms with Gasteiger partial charge in [-0.1, -0.05) is 36.8 Å². The highest BCUT2D eigenvalue weighted by atomic mass is 16.5. The van der Waals surface area contributed by atoms with Crippen molar-refractivity contribution in [1.82, 2.24) is 9.80 Å². The van der Waals surface area contributed by atoms with Gasteiger partial charge in [0.05, 0.1) is 12.7 Å². The molecule has 0 spiro atoms. The van der Waals surface area contributed by atoms with Gasteiger partial charge in [-0.15, -0.1) is 0 Å². The number of carbonyl (C=O) groups excluding carboxylic acids is 1. The van der Waals surface area contributed by atoms with Gasteiger partial charge in [-0.05, 0) is 18.4 Å². The van der Waals surface area contributed by atoms with E-state index in [-0.39, 0.29) is 17.9 Å². The van der Waals surface area contributed by atoms with Crippen LogP contribution in [0.25, 0.3) is 0 Å². The number of nitrogens with zero attached hydrogens (tertiary/aromatic N) is 2. The number of likely N-dealkylation sites (N-methyl/N-ethyl adjacent to an activating group) is 1. The maximum Gasteiger partial charge on any atom is 0.252 e. The van der Waals surface area contributed by atoms with Crippen molar-refractivity contribution in [3.05, 3.63) is 35.9 Å². The molecule has 5 nitrogen and oxygen atoms in total. The van der Waals surface area contributed by atoms with Crippen molar-refractivity contribution in [1.29, 1.82) is 0 Å². The summed E-state index contributed by atoms with van der Waals surface area (Å²) < 4.78 is 5.72. The van der Waals surface area contributed by atoms with Crippen LogP contribution >= 0.6 is 0 Å². The van der Waals surface area contributed by atoms with Crippen molar-refractivity contribution in [3.63, 3.8) is 0 Å². The number of ether oxygens (including phenoxy) is 1. The number of hydrogen-bond acceptors (Lipinski definition) is 4. The number of hydrogen-bond donors (Lipinski definition) is 1. The van der Waals surface area contributed by atoms with Crippen LogP contribution in [0.5, 0.6) is 0 Å². The van der Waals surface area contributed by atoms with Gasteiger partial charge in [0.1, 0.15) is 6.10 Å². The monoisotopic (exact) mass is 332 g/mol. The van der Waals surface area contributed by atoms with Gasteiger partial charge in [0, 0.05) is 39.1 Å². The van der Waals surface area contributed by atoms with Crippen molar-refractivity contribution in [3.8, 4) is 0 Å². The molecule has 1 heterocycles. The summed E-state index contributed by atoms with van der Waals surface area (Å²) >= 11 is 0. The summed E-state index contributed by atoms with van der Waals surface area (Å²) in [5, 5.41) is 9.96. The average molecular weight is 332 g/mol. The van der Waals surface area contributed by atoms with Gasteiger partial charge >= 0.3 is 0 Å². The quantitative estimate of drug-likeness (QED) is 0.888. The number of morpholine rings is 1. The Morgan fingerprint density at radius 1 is 1.33 bits per heavy atom. The van der Waals surface area contributed by atoms with Crippen LogP contribution in [0.2, 0.25) is 0 Å². The van der Waals surface area contributed by atoms with Gasteiger partial charge in [0.2, 0.25) is 0 Å².